The Morgan fingerprint density at radius 3 is 2.22 bits per heavy atom. The fraction of sp³-hybridized carbons (Fsp3) is 0.812. The van der Waals surface area contributed by atoms with Crippen molar-refractivity contribution >= 4 is 17.9 Å². The molecule has 0 radical (unpaired) electrons. The van der Waals surface area contributed by atoms with Crippen molar-refractivity contribution in [1.82, 2.24) is 0 Å². The van der Waals surface area contributed by atoms with Crippen LogP contribution in [0.1, 0.15) is 58.8 Å². The van der Waals surface area contributed by atoms with Crippen LogP contribution in [0.25, 0.3) is 0 Å². The maximum Gasteiger partial charge on any atom is 0.326 e. The summed E-state index contributed by atoms with van der Waals surface area (Å²) in [5.74, 6) is -2.24. The van der Waals surface area contributed by atoms with Crippen molar-refractivity contribution in [3.63, 3.8) is 0 Å². The van der Waals surface area contributed by atoms with Gasteiger partial charge in [0.15, 0.2) is 0 Å². The van der Waals surface area contributed by atoms with Crippen molar-refractivity contribution in [3.05, 3.63) is 0 Å². The summed E-state index contributed by atoms with van der Waals surface area (Å²) in [5, 5.41) is 8.98. The summed E-state index contributed by atoms with van der Waals surface area (Å²) in [5.41, 5.74) is 5.94. The third-order valence-corrected chi connectivity index (χ3v) is 4.20. The van der Waals surface area contributed by atoms with Crippen molar-refractivity contribution in [2.24, 2.45) is 17.6 Å². The van der Waals surface area contributed by atoms with Gasteiger partial charge < -0.3 is 20.3 Å². The molecule has 1 aliphatic rings. The quantitative estimate of drug-likeness (QED) is 0.515. The van der Waals surface area contributed by atoms with E-state index < -0.39 is 30.2 Å². The van der Waals surface area contributed by atoms with E-state index in [0.29, 0.717) is 38.5 Å². The molecule has 3 N–H and O–H groups in total. The summed E-state index contributed by atoms with van der Waals surface area (Å²) in [7, 11) is 0. The molecule has 132 valence electrons. The first kappa shape index (κ1) is 19.4. The zero-order valence-electron chi connectivity index (χ0n) is 13.8. The Balaban J connectivity index is 2.46. The Kier molecular flexibility index (Phi) is 8.02. The minimum absolute atomic E-state index is 0.0954. The lowest BCUT2D eigenvalue weighted by Crippen LogP contribution is -2.43. The molecule has 0 spiro atoms. The van der Waals surface area contributed by atoms with Crippen LogP contribution < -0.4 is 5.73 Å². The Morgan fingerprint density at radius 1 is 1.13 bits per heavy atom. The van der Waals surface area contributed by atoms with Gasteiger partial charge in [-0.1, -0.05) is 13.8 Å². The zero-order chi connectivity index (χ0) is 17.4. The van der Waals surface area contributed by atoms with Crippen molar-refractivity contribution in [3.8, 4) is 0 Å². The highest BCUT2D eigenvalue weighted by Crippen LogP contribution is 2.31. The molecule has 0 aromatic carbocycles. The third kappa shape index (κ3) is 6.17. The predicted octanol–water partition coefficient (Wildman–Crippen LogP) is 1.83. The van der Waals surface area contributed by atoms with Gasteiger partial charge in [-0.25, -0.2) is 0 Å². The van der Waals surface area contributed by atoms with Gasteiger partial charge in [-0.2, -0.15) is 0 Å². The summed E-state index contributed by atoms with van der Waals surface area (Å²) < 4.78 is 10.3. The van der Waals surface area contributed by atoms with Gasteiger partial charge in [0.25, 0.3) is 0 Å². The van der Waals surface area contributed by atoms with Gasteiger partial charge >= 0.3 is 17.9 Å². The molecule has 1 saturated carbocycles. The molecule has 0 aromatic heterocycles. The van der Waals surface area contributed by atoms with E-state index in [2.05, 4.69) is 0 Å². The summed E-state index contributed by atoms with van der Waals surface area (Å²) >= 11 is 0. The van der Waals surface area contributed by atoms with E-state index in [4.69, 9.17) is 20.3 Å². The van der Waals surface area contributed by atoms with Crippen molar-refractivity contribution < 1.29 is 29.0 Å². The Hall–Kier alpha value is -1.63. The van der Waals surface area contributed by atoms with Crippen molar-refractivity contribution in [2.45, 2.75) is 71.1 Å². The maximum atomic E-state index is 12.1. The maximum absolute atomic E-state index is 12.1. The second-order valence-electron chi connectivity index (χ2n) is 5.99. The molecule has 1 fully saturated rings. The second kappa shape index (κ2) is 9.50. The first-order valence-electron chi connectivity index (χ1n) is 8.27. The molecular weight excluding hydrogens is 302 g/mol. The summed E-state index contributed by atoms with van der Waals surface area (Å²) in [6, 6.07) is -0.816. The Bertz CT molecular complexity index is 417. The smallest absolute Gasteiger partial charge is 0.326 e. The zero-order valence-corrected chi connectivity index (χ0v) is 13.8. The number of carboxylic acid groups (broad SMARTS) is 1. The summed E-state index contributed by atoms with van der Waals surface area (Å²) in [4.78, 5) is 34.5. The number of rotatable bonds is 8. The molecule has 0 aliphatic heterocycles. The minimum atomic E-state index is -0.914. The highest BCUT2D eigenvalue weighted by molar-refractivity contribution is 5.76. The molecular formula is C16H27NO6. The van der Waals surface area contributed by atoms with Gasteiger partial charge in [0.05, 0.1) is 5.92 Å². The topological polar surface area (TPSA) is 116 Å². The first-order chi connectivity index (χ1) is 10.9. The van der Waals surface area contributed by atoms with Crippen molar-refractivity contribution in [2.75, 3.05) is 0 Å². The van der Waals surface area contributed by atoms with Crippen LogP contribution in [0.5, 0.6) is 0 Å². The highest BCUT2D eigenvalue weighted by Gasteiger charge is 2.33. The molecule has 0 saturated heterocycles. The lowest BCUT2D eigenvalue weighted by atomic mass is 9.79. The molecule has 0 amide bonds. The number of ether oxygens (including phenoxy) is 2. The number of hydrogen-bond donors (Lipinski definition) is 2. The number of carboxylic acids is 1. The average molecular weight is 329 g/mol. The lowest BCUT2D eigenvalue weighted by molar-refractivity contribution is -0.190. The molecule has 23 heavy (non-hydrogen) atoms. The highest BCUT2D eigenvalue weighted by atomic mass is 16.7. The van der Waals surface area contributed by atoms with E-state index in [9.17, 15) is 14.4 Å². The number of carbonyl (C=O) groups excluding carboxylic acids is 2. The van der Waals surface area contributed by atoms with Crippen LogP contribution in [-0.2, 0) is 23.9 Å². The Morgan fingerprint density at radius 2 is 1.74 bits per heavy atom. The first-order valence-corrected chi connectivity index (χ1v) is 8.27. The molecule has 0 bridgehead atoms. The van der Waals surface area contributed by atoms with Gasteiger partial charge in [0, 0.05) is 12.8 Å². The second-order valence-corrected chi connectivity index (χ2v) is 5.99. The van der Waals surface area contributed by atoms with Gasteiger partial charge in [0.1, 0.15) is 6.04 Å². The van der Waals surface area contributed by atoms with Crippen LogP contribution >= 0.6 is 0 Å². The van der Waals surface area contributed by atoms with E-state index in [1.165, 1.54) is 0 Å². The number of carbonyl (C=O) groups is 3. The molecule has 1 rings (SSSR count). The van der Waals surface area contributed by atoms with Gasteiger partial charge in [-0.05, 0) is 38.0 Å². The fourth-order valence-electron chi connectivity index (χ4n) is 2.73. The minimum Gasteiger partial charge on any atom is -0.481 e. The number of hydrogen-bond acceptors (Lipinski definition) is 6. The normalized spacial score (nSPS) is 23.6. The molecule has 0 heterocycles. The third-order valence-electron chi connectivity index (χ3n) is 4.20. The molecule has 2 atom stereocenters. The van der Waals surface area contributed by atoms with Gasteiger partial charge in [0.2, 0.25) is 6.29 Å². The largest absolute Gasteiger partial charge is 0.481 e. The number of nitrogens with two attached hydrogens (primary N) is 1. The van der Waals surface area contributed by atoms with Crippen LogP contribution in [0.15, 0.2) is 0 Å². The SMILES string of the molecule is CCCC(=O)OC(CC)OC(=O)C(N)[C@H]1CC[C@H](C(=O)O)CC1. The lowest BCUT2D eigenvalue weighted by Gasteiger charge is -2.30. The van der Waals surface area contributed by atoms with Gasteiger partial charge in [-0.15, -0.1) is 0 Å². The number of aliphatic carboxylic acids is 1. The van der Waals surface area contributed by atoms with E-state index in [1.54, 1.807) is 6.92 Å². The van der Waals surface area contributed by atoms with Crippen molar-refractivity contribution in [1.29, 1.82) is 0 Å². The average Bonchev–Trinajstić information content (AvgIpc) is 2.53. The molecule has 7 nitrogen and oxygen atoms in total. The molecule has 7 heteroatoms. The molecule has 2 unspecified atom stereocenters. The fourth-order valence-corrected chi connectivity index (χ4v) is 2.73. The van der Waals surface area contributed by atoms with E-state index in [-0.39, 0.29) is 18.3 Å². The van der Waals surface area contributed by atoms with E-state index in [0.717, 1.165) is 0 Å². The van der Waals surface area contributed by atoms with Crippen LogP contribution in [0, 0.1) is 11.8 Å². The van der Waals surface area contributed by atoms with Crippen LogP contribution in [0.4, 0.5) is 0 Å². The summed E-state index contributed by atoms with van der Waals surface area (Å²) in [6.45, 7) is 3.61. The molecule has 1 aliphatic carbocycles. The summed E-state index contributed by atoms with van der Waals surface area (Å²) in [6.07, 6.45) is 2.59. The number of esters is 2. The van der Waals surface area contributed by atoms with Crippen LogP contribution in [0.2, 0.25) is 0 Å². The molecule has 0 aromatic rings. The van der Waals surface area contributed by atoms with E-state index in [1.807, 2.05) is 6.92 Å². The monoisotopic (exact) mass is 329 g/mol. The predicted molar refractivity (Wildman–Crippen MR) is 82.2 cm³/mol. The van der Waals surface area contributed by atoms with Crippen LogP contribution in [0.3, 0.4) is 0 Å². The Labute approximate surface area is 136 Å². The standard InChI is InChI=1S/C16H27NO6/c1-3-5-12(18)22-13(4-2)23-16(21)14(17)10-6-8-11(9-7-10)15(19)20/h10-11,13-14H,3-9,17H2,1-2H3,(H,19,20)/t10-,11-,13?,14?. The van der Waals surface area contributed by atoms with Crippen LogP contribution in [-0.4, -0.2) is 35.3 Å². The van der Waals surface area contributed by atoms with Gasteiger partial charge in [-0.3, -0.25) is 14.4 Å². The van der Waals surface area contributed by atoms with E-state index >= 15 is 0 Å².